The van der Waals surface area contributed by atoms with E-state index in [9.17, 15) is 4.79 Å². The zero-order valence-corrected chi connectivity index (χ0v) is 23.0. The van der Waals surface area contributed by atoms with Crippen LogP contribution in [0.5, 0.6) is 0 Å². The van der Waals surface area contributed by atoms with Crippen LogP contribution in [-0.2, 0) is 6.42 Å². The lowest BCUT2D eigenvalue weighted by Gasteiger charge is -2.24. The number of nitrogens with zero attached hydrogens (tertiary/aromatic N) is 6. The van der Waals surface area contributed by atoms with Crippen molar-refractivity contribution in [1.29, 1.82) is 0 Å². The number of benzene rings is 1. The Balaban J connectivity index is 1.05. The minimum Gasteiger partial charge on any atom is -0.382 e. The molecule has 9 heteroatoms. The van der Waals surface area contributed by atoms with E-state index in [1.807, 2.05) is 42.5 Å². The van der Waals surface area contributed by atoms with Gasteiger partial charge < -0.3 is 20.9 Å². The van der Waals surface area contributed by atoms with E-state index in [1.54, 1.807) is 18.6 Å². The quantitative estimate of drug-likeness (QED) is 0.349. The molecular formula is C31H36N8O. The van der Waals surface area contributed by atoms with Crippen molar-refractivity contribution in [3.05, 3.63) is 84.3 Å². The van der Waals surface area contributed by atoms with E-state index in [0.717, 1.165) is 36.5 Å². The predicted molar refractivity (Wildman–Crippen MR) is 157 cm³/mol. The Morgan fingerprint density at radius 1 is 1.02 bits per heavy atom. The topological polar surface area (TPSA) is 105 Å². The Morgan fingerprint density at radius 2 is 1.82 bits per heavy atom. The summed E-state index contributed by atoms with van der Waals surface area (Å²) < 4.78 is 1.53. The molecule has 5 heterocycles. The van der Waals surface area contributed by atoms with Crippen molar-refractivity contribution in [2.45, 2.75) is 26.2 Å². The second kappa shape index (κ2) is 11.2. The number of pyridine rings is 2. The molecule has 1 atom stereocenters. The number of carbonyl (C=O) groups excluding carboxylic acids is 1. The minimum absolute atomic E-state index is 0.149. The Hall–Kier alpha value is -4.08. The highest BCUT2D eigenvalue weighted by Crippen LogP contribution is 2.39. The van der Waals surface area contributed by atoms with Crippen LogP contribution < -0.4 is 11.1 Å². The minimum atomic E-state index is -0.306. The van der Waals surface area contributed by atoms with Gasteiger partial charge in [0.25, 0.3) is 5.91 Å². The molecule has 2 aliphatic heterocycles. The maximum Gasteiger partial charge on any atom is 0.261 e. The molecule has 2 saturated heterocycles. The zero-order valence-electron chi connectivity index (χ0n) is 23.0. The molecule has 1 spiro atoms. The highest BCUT2D eigenvalue weighted by Gasteiger charge is 2.42. The molecule has 0 bridgehead atoms. The molecule has 0 saturated carbocycles. The third-order valence-electron chi connectivity index (χ3n) is 8.32. The van der Waals surface area contributed by atoms with E-state index in [1.165, 1.54) is 49.3 Å². The fourth-order valence-corrected chi connectivity index (χ4v) is 6.00. The van der Waals surface area contributed by atoms with Gasteiger partial charge >= 0.3 is 0 Å². The lowest BCUT2D eigenvalue weighted by Crippen LogP contribution is -2.31. The van der Waals surface area contributed by atoms with Crippen molar-refractivity contribution in [2.24, 2.45) is 5.41 Å². The maximum absolute atomic E-state index is 13.0. The maximum atomic E-state index is 13.0. The number of rotatable bonds is 8. The van der Waals surface area contributed by atoms with E-state index >= 15 is 0 Å². The number of amides is 1. The normalized spacial score (nSPS) is 19.4. The lowest BCUT2D eigenvalue weighted by molar-refractivity contribution is 0.102. The van der Waals surface area contributed by atoms with Crippen molar-refractivity contribution >= 4 is 17.4 Å². The second-order valence-corrected chi connectivity index (χ2v) is 11.0. The third kappa shape index (κ3) is 5.61. The highest BCUT2D eigenvalue weighted by atomic mass is 16.1. The van der Waals surface area contributed by atoms with Gasteiger partial charge in [0.2, 0.25) is 0 Å². The molecule has 1 amide bonds. The van der Waals surface area contributed by atoms with Crippen LogP contribution in [0.2, 0.25) is 0 Å². The van der Waals surface area contributed by atoms with Crippen molar-refractivity contribution in [3.63, 3.8) is 0 Å². The molecule has 6 rings (SSSR count). The van der Waals surface area contributed by atoms with Gasteiger partial charge in [0.05, 0.1) is 5.69 Å². The molecule has 4 aromatic rings. The van der Waals surface area contributed by atoms with Crippen LogP contribution in [0.25, 0.3) is 17.1 Å². The SMILES string of the molecule is CCN1CCC2(CCN(CCc3ccc(NC(=O)c4cn(-c5cccc(-c6cccnc6)n5)nc4N)cc3)C2)C1. The summed E-state index contributed by atoms with van der Waals surface area (Å²) in [5, 5.41) is 7.29. The van der Waals surface area contributed by atoms with Gasteiger partial charge in [0, 0.05) is 49.5 Å². The molecule has 0 aliphatic carbocycles. The summed E-state index contributed by atoms with van der Waals surface area (Å²) in [7, 11) is 0. The van der Waals surface area contributed by atoms with Gasteiger partial charge in [-0.3, -0.25) is 9.78 Å². The van der Waals surface area contributed by atoms with Crippen LogP contribution in [0.1, 0.15) is 35.7 Å². The van der Waals surface area contributed by atoms with Crippen LogP contribution in [-0.4, -0.2) is 74.7 Å². The van der Waals surface area contributed by atoms with Crippen molar-refractivity contribution < 1.29 is 4.79 Å². The van der Waals surface area contributed by atoms with Gasteiger partial charge in [-0.15, -0.1) is 5.10 Å². The van der Waals surface area contributed by atoms with Crippen molar-refractivity contribution in [1.82, 2.24) is 29.5 Å². The average molecular weight is 537 g/mol. The van der Waals surface area contributed by atoms with Crippen molar-refractivity contribution in [3.8, 4) is 17.1 Å². The lowest BCUT2D eigenvalue weighted by atomic mass is 9.86. The average Bonchev–Trinajstić information content (AvgIpc) is 3.71. The van der Waals surface area contributed by atoms with Crippen molar-refractivity contribution in [2.75, 3.05) is 50.3 Å². The summed E-state index contributed by atoms with van der Waals surface area (Å²) in [6.45, 7) is 9.43. The fraction of sp³-hybridized carbons (Fsp3) is 0.355. The first-order valence-electron chi connectivity index (χ1n) is 14.1. The van der Waals surface area contributed by atoms with Crippen LogP contribution in [0.4, 0.5) is 11.5 Å². The number of nitrogens with two attached hydrogens (primary N) is 1. The monoisotopic (exact) mass is 536 g/mol. The molecular weight excluding hydrogens is 500 g/mol. The molecule has 0 radical (unpaired) electrons. The van der Waals surface area contributed by atoms with Gasteiger partial charge in [-0.1, -0.05) is 25.1 Å². The molecule has 206 valence electrons. The molecule has 2 fully saturated rings. The van der Waals surface area contributed by atoms with Crippen LogP contribution >= 0.6 is 0 Å². The predicted octanol–water partition coefficient (Wildman–Crippen LogP) is 4.12. The first-order valence-corrected chi connectivity index (χ1v) is 14.1. The number of likely N-dealkylation sites (tertiary alicyclic amines) is 2. The zero-order chi connectivity index (χ0) is 27.5. The Labute approximate surface area is 235 Å². The Morgan fingerprint density at radius 3 is 2.58 bits per heavy atom. The Bertz CT molecular complexity index is 1470. The van der Waals surface area contributed by atoms with E-state index < -0.39 is 0 Å². The molecule has 3 aromatic heterocycles. The summed E-state index contributed by atoms with van der Waals surface area (Å²) in [6.07, 6.45) is 8.75. The largest absolute Gasteiger partial charge is 0.382 e. The standard InChI is InChI=1S/C31H36N8O/c1-2-37-17-13-31(21-37)14-18-38(22-31)16-12-23-8-10-25(11-9-23)34-30(40)26-20-39(36-29(26)32)28-7-3-6-27(35-28)24-5-4-15-33-19-24/h3-11,15,19-20H,2,12-14,16-18,21-22H2,1H3,(H2,32,36)(H,34,40). The van der Waals surface area contributed by atoms with Gasteiger partial charge in [0.15, 0.2) is 11.6 Å². The fourth-order valence-electron chi connectivity index (χ4n) is 6.00. The van der Waals surface area contributed by atoms with Gasteiger partial charge in [0.1, 0.15) is 5.56 Å². The van der Waals surface area contributed by atoms with E-state index in [0.29, 0.717) is 16.8 Å². The van der Waals surface area contributed by atoms with E-state index in [-0.39, 0.29) is 11.7 Å². The first kappa shape index (κ1) is 26.2. The molecule has 3 N–H and O–H groups in total. The summed E-state index contributed by atoms with van der Waals surface area (Å²) in [5.41, 5.74) is 10.6. The number of hydrogen-bond donors (Lipinski definition) is 2. The summed E-state index contributed by atoms with van der Waals surface area (Å²) in [4.78, 5) is 27.1. The smallest absolute Gasteiger partial charge is 0.261 e. The number of carbonyl (C=O) groups is 1. The van der Waals surface area contributed by atoms with E-state index in [4.69, 9.17) is 5.73 Å². The van der Waals surface area contributed by atoms with E-state index in [2.05, 4.69) is 49.2 Å². The number of hydrogen-bond acceptors (Lipinski definition) is 7. The molecule has 40 heavy (non-hydrogen) atoms. The second-order valence-electron chi connectivity index (χ2n) is 11.0. The molecule has 2 aliphatic rings. The van der Waals surface area contributed by atoms with Crippen LogP contribution in [0.3, 0.4) is 0 Å². The summed E-state index contributed by atoms with van der Waals surface area (Å²) in [6, 6.07) is 17.5. The third-order valence-corrected chi connectivity index (χ3v) is 8.32. The molecule has 9 nitrogen and oxygen atoms in total. The van der Waals surface area contributed by atoms with Crippen LogP contribution in [0.15, 0.2) is 73.2 Å². The molecule has 1 unspecified atom stereocenters. The number of anilines is 2. The molecule has 1 aromatic carbocycles. The first-order chi connectivity index (χ1) is 19.5. The summed E-state index contributed by atoms with van der Waals surface area (Å²) >= 11 is 0. The number of nitrogens with one attached hydrogen (secondary N) is 1. The number of nitrogen functional groups attached to an aromatic ring is 1. The van der Waals surface area contributed by atoms with Gasteiger partial charge in [-0.05, 0) is 86.3 Å². The Kier molecular flexibility index (Phi) is 7.32. The van der Waals surface area contributed by atoms with Crippen LogP contribution in [0, 0.1) is 5.41 Å². The highest BCUT2D eigenvalue weighted by molar-refractivity contribution is 6.07. The number of aromatic nitrogens is 4. The van der Waals surface area contributed by atoms with Gasteiger partial charge in [-0.25, -0.2) is 9.67 Å². The van der Waals surface area contributed by atoms with Gasteiger partial charge in [-0.2, -0.15) is 0 Å². The summed E-state index contributed by atoms with van der Waals surface area (Å²) in [5.74, 6) is 0.409.